The maximum absolute atomic E-state index is 12.5. The number of nitrogens with two attached hydrogens (primary N) is 1. The zero-order chi connectivity index (χ0) is 15.5. The minimum Gasteiger partial charge on any atom is -0.506 e. The van der Waals surface area contributed by atoms with Crippen molar-refractivity contribution >= 4 is 11.6 Å². The van der Waals surface area contributed by atoms with Crippen molar-refractivity contribution in [2.24, 2.45) is 11.7 Å². The molecule has 0 aromatic heterocycles. The van der Waals surface area contributed by atoms with Gasteiger partial charge >= 0.3 is 6.18 Å². The third-order valence-corrected chi connectivity index (χ3v) is 2.64. The summed E-state index contributed by atoms with van der Waals surface area (Å²) < 4.78 is 37.6. The molecular formula is C13H17F3N2O2. The van der Waals surface area contributed by atoms with Crippen LogP contribution in [0.25, 0.3) is 0 Å². The Labute approximate surface area is 114 Å². The van der Waals surface area contributed by atoms with E-state index in [1.807, 2.05) is 13.8 Å². The number of carbonyl (C=O) groups excluding carboxylic acids is 1. The van der Waals surface area contributed by atoms with E-state index in [0.717, 1.165) is 12.1 Å². The molecular weight excluding hydrogens is 273 g/mol. The minimum atomic E-state index is -4.55. The van der Waals surface area contributed by atoms with E-state index in [1.165, 1.54) is 0 Å². The lowest BCUT2D eigenvalue weighted by molar-refractivity contribution is -0.137. The van der Waals surface area contributed by atoms with Gasteiger partial charge in [-0.1, -0.05) is 13.8 Å². The predicted octanol–water partition coefficient (Wildman–Crippen LogP) is 2.72. The number of alkyl halides is 3. The van der Waals surface area contributed by atoms with Crippen LogP contribution in [0.3, 0.4) is 0 Å². The molecule has 112 valence electrons. The van der Waals surface area contributed by atoms with Crippen LogP contribution >= 0.6 is 0 Å². The highest BCUT2D eigenvalue weighted by Crippen LogP contribution is 2.34. The van der Waals surface area contributed by atoms with Crippen molar-refractivity contribution < 1.29 is 23.1 Å². The lowest BCUT2D eigenvalue weighted by Crippen LogP contribution is -2.36. The van der Waals surface area contributed by atoms with Gasteiger partial charge in [0.05, 0.1) is 17.3 Å². The molecule has 1 aromatic carbocycles. The van der Waals surface area contributed by atoms with Crippen molar-refractivity contribution in [1.82, 2.24) is 0 Å². The summed E-state index contributed by atoms with van der Waals surface area (Å²) in [5.74, 6) is -0.901. The predicted molar refractivity (Wildman–Crippen MR) is 69.2 cm³/mol. The van der Waals surface area contributed by atoms with Gasteiger partial charge in [0, 0.05) is 0 Å². The number of amides is 1. The monoisotopic (exact) mass is 290 g/mol. The molecule has 7 heteroatoms. The fraction of sp³-hybridized carbons (Fsp3) is 0.462. The topological polar surface area (TPSA) is 75.4 Å². The Bertz CT molecular complexity index is 487. The van der Waals surface area contributed by atoms with E-state index in [9.17, 15) is 23.1 Å². The number of aromatic hydroxyl groups is 1. The van der Waals surface area contributed by atoms with Crippen LogP contribution in [0.2, 0.25) is 0 Å². The molecule has 0 aliphatic heterocycles. The van der Waals surface area contributed by atoms with Gasteiger partial charge in [-0.15, -0.1) is 0 Å². The smallest absolute Gasteiger partial charge is 0.416 e. The Kier molecular flexibility index (Phi) is 4.99. The van der Waals surface area contributed by atoms with Gasteiger partial charge < -0.3 is 16.2 Å². The number of nitrogens with one attached hydrogen (secondary N) is 1. The molecule has 0 fully saturated rings. The highest BCUT2D eigenvalue weighted by Gasteiger charge is 2.31. The molecule has 4 nitrogen and oxygen atoms in total. The average molecular weight is 290 g/mol. The molecule has 0 saturated heterocycles. The number of hydrogen-bond acceptors (Lipinski definition) is 3. The van der Waals surface area contributed by atoms with Crippen molar-refractivity contribution in [3.63, 3.8) is 0 Å². The van der Waals surface area contributed by atoms with Crippen LogP contribution in [-0.4, -0.2) is 17.1 Å². The molecule has 0 radical (unpaired) electrons. The SMILES string of the molecule is CC(C)CC(N)C(=O)Nc1cc(C(F)(F)F)ccc1O. The molecule has 20 heavy (non-hydrogen) atoms. The molecule has 0 aliphatic rings. The second-order valence-corrected chi connectivity index (χ2v) is 4.95. The third kappa shape index (κ3) is 4.41. The van der Waals surface area contributed by atoms with E-state index in [0.29, 0.717) is 12.5 Å². The van der Waals surface area contributed by atoms with Crippen molar-refractivity contribution in [3.8, 4) is 5.75 Å². The maximum atomic E-state index is 12.5. The van der Waals surface area contributed by atoms with Crippen LogP contribution in [0, 0.1) is 5.92 Å². The summed E-state index contributed by atoms with van der Waals surface area (Å²) in [4.78, 5) is 11.7. The second-order valence-electron chi connectivity index (χ2n) is 4.95. The molecule has 0 saturated carbocycles. The van der Waals surface area contributed by atoms with Crippen LogP contribution in [0.5, 0.6) is 5.75 Å². The number of benzene rings is 1. The molecule has 0 aliphatic carbocycles. The van der Waals surface area contributed by atoms with Gasteiger partial charge in [-0.25, -0.2) is 0 Å². The van der Waals surface area contributed by atoms with Crippen LogP contribution in [0.4, 0.5) is 18.9 Å². The molecule has 1 aromatic rings. The first-order chi connectivity index (χ1) is 9.11. The van der Waals surface area contributed by atoms with Crippen LogP contribution in [0.1, 0.15) is 25.8 Å². The van der Waals surface area contributed by atoms with Crippen LogP contribution < -0.4 is 11.1 Å². The van der Waals surface area contributed by atoms with Gasteiger partial charge in [0.1, 0.15) is 5.75 Å². The van der Waals surface area contributed by atoms with Gasteiger partial charge in [-0.05, 0) is 30.5 Å². The molecule has 1 amide bonds. The minimum absolute atomic E-state index is 0.172. The summed E-state index contributed by atoms with van der Waals surface area (Å²) in [6, 6.07) is 1.45. The molecule has 0 heterocycles. The largest absolute Gasteiger partial charge is 0.506 e. The lowest BCUT2D eigenvalue weighted by Gasteiger charge is -2.16. The van der Waals surface area contributed by atoms with Gasteiger partial charge in [0.15, 0.2) is 0 Å². The number of phenolic OH excluding ortho intramolecular Hbond substituents is 1. The second kappa shape index (κ2) is 6.13. The number of carbonyl (C=O) groups is 1. The summed E-state index contributed by atoms with van der Waals surface area (Å²) in [6.45, 7) is 3.74. The number of rotatable bonds is 4. The van der Waals surface area contributed by atoms with E-state index in [2.05, 4.69) is 5.32 Å². The van der Waals surface area contributed by atoms with E-state index < -0.39 is 29.4 Å². The zero-order valence-electron chi connectivity index (χ0n) is 11.2. The molecule has 1 rings (SSSR count). The normalized spacial score (nSPS) is 13.3. The van der Waals surface area contributed by atoms with Crippen molar-refractivity contribution in [2.75, 3.05) is 5.32 Å². The van der Waals surface area contributed by atoms with E-state index in [1.54, 1.807) is 0 Å². The third-order valence-electron chi connectivity index (χ3n) is 2.64. The summed E-state index contributed by atoms with van der Waals surface area (Å²) in [7, 11) is 0. The fourth-order valence-electron chi connectivity index (χ4n) is 1.65. The van der Waals surface area contributed by atoms with Gasteiger partial charge in [0.2, 0.25) is 5.91 Å². The van der Waals surface area contributed by atoms with E-state index >= 15 is 0 Å². The lowest BCUT2D eigenvalue weighted by atomic mass is 10.0. The van der Waals surface area contributed by atoms with Gasteiger partial charge in [-0.2, -0.15) is 13.2 Å². The number of phenols is 1. The zero-order valence-corrected chi connectivity index (χ0v) is 11.2. The molecule has 0 spiro atoms. The van der Waals surface area contributed by atoms with Crippen LogP contribution in [0.15, 0.2) is 18.2 Å². The number of anilines is 1. The highest BCUT2D eigenvalue weighted by atomic mass is 19.4. The molecule has 0 bridgehead atoms. The Morgan fingerprint density at radius 1 is 1.40 bits per heavy atom. The van der Waals surface area contributed by atoms with Crippen LogP contribution in [-0.2, 0) is 11.0 Å². The Hall–Kier alpha value is -1.76. The Morgan fingerprint density at radius 2 is 2.00 bits per heavy atom. The number of hydrogen-bond donors (Lipinski definition) is 3. The molecule has 4 N–H and O–H groups in total. The Balaban J connectivity index is 2.89. The quantitative estimate of drug-likeness (QED) is 0.746. The fourth-order valence-corrected chi connectivity index (χ4v) is 1.65. The van der Waals surface area contributed by atoms with Crippen molar-refractivity contribution in [3.05, 3.63) is 23.8 Å². The van der Waals surface area contributed by atoms with E-state index in [4.69, 9.17) is 5.73 Å². The Morgan fingerprint density at radius 3 is 2.50 bits per heavy atom. The van der Waals surface area contributed by atoms with Gasteiger partial charge in [-0.3, -0.25) is 4.79 Å². The first-order valence-corrected chi connectivity index (χ1v) is 6.08. The van der Waals surface area contributed by atoms with Crippen molar-refractivity contribution in [1.29, 1.82) is 0 Å². The first kappa shape index (κ1) is 16.3. The molecule has 1 atom stereocenters. The van der Waals surface area contributed by atoms with Crippen molar-refractivity contribution in [2.45, 2.75) is 32.5 Å². The average Bonchev–Trinajstić information content (AvgIpc) is 2.29. The highest BCUT2D eigenvalue weighted by molar-refractivity contribution is 5.96. The van der Waals surface area contributed by atoms with Gasteiger partial charge in [0.25, 0.3) is 0 Å². The molecule has 1 unspecified atom stereocenters. The first-order valence-electron chi connectivity index (χ1n) is 6.08. The standard InChI is InChI=1S/C13H17F3N2O2/c1-7(2)5-9(17)12(20)18-10-6-8(13(14,15)16)3-4-11(10)19/h3-4,6-7,9,19H,5,17H2,1-2H3,(H,18,20). The maximum Gasteiger partial charge on any atom is 0.416 e. The summed E-state index contributed by atoms with van der Waals surface area (Å²) in [5.41, 5.74) is 4.37. The summed E-state index contributed by atoms with van der Waals surface area (Å²) >= 11 is 0. The summed E-state index contributed by atoms with van der Waals surface area (Å²) in [6.07, 6.45) is -4.15. The summed E-state index contributed by atoms with van der Waals surface area (Å²) in [5, 5.41) is 11.7. The number of halogens is 3. The van der Waals surface area contributed by atoms with E-state index in [-0.39, 0.29) is 11.6 Å².